The van der Waals surface area contributed by atoms with Crippen molar-refractivity contribution in [3.8, 4) is 5.75 Å². The Morgan fingerprint density at radius 2 is 1.96 bits per heavy atom. The number of carbonyl (C=O) groups excluding carboxylic acids is 2. The Kier molecular flexibility index (Phi) is 5.86. The summed E-state index contributed by atoms with van der Waals surface area (Å²) in [6, 6.07) is 5.10. The monoisotopic (exact) mass is 333 g/mol. The summed E-state index contributed by atoms with van der Waals surface area (Å²) in [5.41, 5.74) is 0.592. The van der Waals surface area contributed by atoms with Gasteiger partial charge in [0.15, 0.2) is 0 Å². The van der Waals surface area contributed by atoms with E-state index in [0.29, 0.717) is 17.0 Å². The Morgan fingerprint density at radius 3 is 2.54 bits per heavy atom. The van der Waals surface area contributed by atoms with Crippen LogP contribution in [-0.2, 0) is 9.53 Å². The molecule has 1 aromatic rings. The summed E-state index contributed by atoms with van der Waals surface area (Å²) < 4.78 is 10.6. The average molecular weight is 333 g/mol. The van der Waals surface area contributed by atoms with Crippen molar-refractivity contribution in [2.45, 2.75) is 59.0 Å². The molecule has 0 aromatic heterocycles. The maximum Gasteiger partial charge on any atom is 0.341 e. The van der Waals surface area contributed by atoms with Crippen molar-refractivity contribution in [2.75, 3.05) is 12.4 Å². The molecule has 5 heteroatoms. The van der Waals surface area contributed by atoms with E-state index in [0.717, 1.165) is 32.1 Å². The van der Waals surface area contributed by atoms with E-state index < -0.39 is 5.97 Å². The lowest BCUT2D eigenvalue weighted by Crippen LogP contribution is -2.30. The second kappa shape index (κ2) is 7.69. The van der Waals surface area contributed by atoms with Gasteiger partial charge in [-0.05, 0) is 44.4 Å². The normalized spacial score (nSPS) is 17.2. The highest BCUT2D eigenvalue weighted by molar-refractivity contribution is 5.98. The molecule has 1 aromatic carbocycles. The van der Waals surface area contributed by atoms with Crippen LogP contribution in [0.15, 0.2) is 18.2 Å². The molecule has 0 spiro atoms. The Labute approximate surface area is 143 Å². The lowest BCUT2D eigenvalue weighted by atomic mass is 9.88. The van der Waals surface area contributed by atoms with Crippen LogP contribution in [0.2, 0.25) is 0 Å². The molecule has 0 unspecified atom stereocenters. The van der Waals surface area contributed by atoms with E-state index in [1.54, 1.807) is 18.2 Å². The van der Waals surface area contributed by atoms with Crippen LogP contribution < -0.4 is 10.1 Å². The summed E-state index contributed by atoms with van der Waals surface area (Å²) in [5.74, 6) is 0.00386. The fourth-order valence-corrected chi connectivity index (χ4v) is 2.94. The highest BCUT2D eigenvalue weighted by Crippen LogP contribution is 2.38. The molecule has 5 nitrogen and oxygen atoms in total. The summed E-state index contributed by atoms with van der Waals surface area (Å²) in [6.45, 7) is 5.95. The quantitative estimate of drug-likeness (QED) is 0.794. The third-order valence-corrected chi connectivity index (χ3v) is 4.80. The van der Waals surface area contributed by atoms with Gasteiger partial charge in [0.25, 0.3) is 0 Å². The van der Waals surface area contributed by atoms with Gasteiger partial charge in [-0.15, -0.1) is 0 Å². The molecular weight excluding hydrogens is 306 g/mol. The Morgan fingerprint density at radius 1 is 1.29 bits per heavy atom. The van der Waals surface area contributed by atoms with E-state index in [1.807, 2.05) is 20.8 Å². The first kappa shape index (κ1) is 18.3. The van der Waals surface area contributed by atoms with E-state index in [-0.39, 0.29) is 17.4 Å². The van der Waals surface area contributed by atoms with E-state index in [1.165, 1.54) is 7.11 Å². The molecule has 1 aliphatic carbocycles. The molecule has 0 radical (unpaired) electrons. The number of esters is 1. The summed E-state index contributed by atoms with van der Waals surface area (Å²) in [5, 5.41) is 2.94. The van der Waals surface area contributed by atoms with Gasteiger partial charge in [0, 0.05) is 11.1 Å². The number of ether oxygens (including phenoxy) is 2. The fourth-order valence-electron chi connectivity index (χ4n) is 2.94. The first-order chi connectivity index (χ1) is 11.4. The first-order valence-electron chi connectivity index (χ1n) is 8.60. The van der Waals surface area contributed by atoms with Crippen molar-refractivity contribution in [3.05, 3.63) is 23.8 Å². The van der Waals surface area contributed by atoms with Crippen molar-refractivity contribution >= 4 is 17.6 Å². The zero-order chi connectivity index (χ0) is 17.7. The predicted molar refractivity (Wildman–Crippen MR) is 93.4 cm³/mol. The number of carbonyl (C=O) groups is 2. The van der Waals surface area contributed by atoms with Gasteiger partial charge in [-0.25, -0.2) is 4.79 Å². The number of hydrogen-bond donors (Lipinski definition) is 1. The molecule has 1 aliphatic rings. The Bertz CT molecular complexity index is 605. The molecule has 24 heavy (non-hydrogen) atoms. The zero-order valence-electron chi connectivity index (χ0n) is 15.0. The van der Waals surface area contributed by atoms with Gasteiger partial charge in [0.2, 0.25) is 5.91 Å². The third-order valence-electron chi connectivity index (χ3n) is 4.80. The molecule has 132 valence electrons. The van der Waals surface area contributed by atoms with Crippen molar-refractivity contribution in [3.63, 3.8) is 0 Å². The van der Waals surface area contributed by atoms with Crippen LogP contribution >= 0.6 is 0 Å². The van der Waals surface area contributed by atoms with Crippen LogP contribution in [0.5, 0.6) is 5.75 Å². The number of nitrogens with one attached hydrogen (secondary N) is 1. The molecule has 1 atom stereocenters. The van der Waals surface area contributed by atoms with Crippen molar-refractivity contribution in [2.24, 2.45) is 5.41 Å². The second-order valence-electron chi connectivity index (χ2n) is 6.76. The fraction of sp³-hybridized carbons (Fsp3) is 0.579. The second-order valence-corrected chi connectivity index (χ2v) is 6.76. The number of anilines is 1. The summed E-state index contributed by atoms with van der Waals surface area (Å²) >= 11 is 0. The maximum absolute atomic E-state index is 12.5. The minimum Gasteiger partial charge on any atom is -0.490 e. The van der Waals surface area contributed by atoms with E-state index in [9.17, 15) is 9.59 Å². The number of amides is 1. The summed E-state index contributed by atoms with van der Waals surface area (Å²) in [4.78, 5) is 24.6. The molecule has 0 saturated heterocycles. The van der Waals surface area contributed by atoms with Gasteiger partial charge in [-0.3, -0.25) is 4.79 Å². The van der Waals surface area contributed by atoms with Gasteiger partial charge >= 0.3 is 5.97 Å². The van der Waals surface area contributed by atoms with Gasteiger partial charge in [-0.2, -0.15) is 0 Å². The Hall–Kier alpha value is -2.04. The molecular formula is C19H27NO4. The number of hydrogen-bond acceptors (Lipinski definition) is 4. The smallest absolute Gasteiger partial charge is 0.341 e. The van der Waals surface area contributed by atoms with Crippen LogP contribution in [-0.4, -0.2) is 25.1 Å². The molecule has 1 fully saturated rings. The minimum absolute atomic E-state index is 0.00594. The molecule has 1 N–H and O–H groups in total. The number of rotatable bonds is 6. The Balaban J connectivity index is 2.22. The highest BCUT2D eigenvalue weighted by atomic mass is 16.5. The third kappa shape index (κ3) is 4.08. The zero-order valence-corrected chi connectivity index (χ0v) is 15.0. The molecule has 0 aliphatic heterocycles. The largest absolute Gasteiger partial charge is 0.490 e. The van der Waals surface area contributed by atoms with Gasteiger partial charge in [0.1, 0.15) is 11.3 Å². The van der Waals surface area contributed by atoms with Crippen molar-refractivity contribution in [1.82, 2.24) is 0 Å². The van der Waals surface area contributed by atoms with E-state index in [2.05, 4.69) is 5.32 Å². The summed E-state index contributed by atoms with van der Waals surface area (Å²) in [6.07, 6.45) is 4.79. The molecule has 0 heterocycles. The van der Waals surface area contributed by atoms with Crippen LogP contribution in [0.4, 0.5) is 5.69 Å². The van der Waals surface area contributed by atoms with Crippen LogP contribution in [0.1, 0.15) is 63.2 Å². The molecule has 1 saturated carbocycles. The highest BCUT2D eigenvalue weighted by Gasteiger charge is 2.36. The van der Waals surface area contributed by atoms with Crippen LogP contribution in [0.3, 0.4) is 0 Å². The molecule has 0 bridgehead atoms. The predicted octanol–water partition coefficient (Wildman–Crippen LogP) is 4.17. The minimum atomic E-state index is -0.475. The molecule has 2 rings (SSSR count). The van der Waals surface area contributed by atoms with Gasteiger partial charge in [0.05, 0.1) is 13.2 Å². The number of benzene rings is 1. The maximum atomic E-state index is 12.5. The van der Waals surface area contributed by atoms with E-state index >= 15 is 0 Å². The van der Waals surface area contributed by atoms with Gasteiger partial charge in [-0.1, -0.05) is 26.7 Å². The van der Waals surface area contributed by atoms with Crippen molar-refractivity contribution < 1.29 is 19.1 Å². The topological polar surface area (TPSA) is 64.6 Å². The standard InChI is InChI=1S/C19H27NO4/c1-5-13(2)24-16-9-8-14(12-15(16)17(21)23-4)20-18(22)19(3)10-6-7-11-19/h8-9,12-13H,5-7,10-11H2,1-4H3,(H,20,22)/t13-/m0/s1. The lowest BCUT2D eigenvalue weighted by molar-refractivity contribution is -0.124. The van der Waals surface area contributed by atoms with E-state index in [4.69, 9.17) is 9.47 Å². The average Bonchev–Trinajstić information content (AvgIpc) is 3.03. The van der Waals surface area contributed by atoms with Crippen LogP contribution in [0, 0.1) is 5.41 Å². The van der Waals surface area contributed by atoms with Gasteiger partial charge < -0.3 is 14.8 Å². The number of methoxy groups -OCH3 is 1. The van der Waals surface area contributed by atoms with Crippen LogP contribution in [0.25, 0.3) is 0 Å². The SMILES string of the molecule is CC[C@H](C)Oc1ccc(NC(=O)C2(C)CCCC2)cc1C(=O)OC. The van der Waals surface area contributed by atoms with Crippen molar-refractivity contribution in [1.29, 1.82) is 0 Å². The summed E-state index contributed by atoms with van der Waals surface area (Å²) in [7, 11) is 1.33. The first-order valence-corrected chi connectivity index (χ1v) is 8.60. The lowest BCUT2D eigenvalue weighted by Gasteiger charge is -2.23. The molecule has 1 amide bonds.